The summed E-state index contributed by atoms with van der Waals surface area (Å²) in [6, 6.07) is 1.82. The first kappa shape index (κ1) is 13.4. The smallest absolute Gasteiger partial charge is 0.161 e. The largest absolute Gasteiger partial charge is 0.394 e. The van der Waals surface area contributed by atoms with Gasteiger partial charge in [-0.1, -0.05) is 5.16 Å². The summed E-state index contributed by atoms with van der Waals surface area (Å²) in [5, 5.41) is 13.1. The van der Waals surface area contributed by atoms with E-state index in [0.29, 0.717) is 25.5 Å². The molecule has 0 unspecified atom stereocenters. The second-order valence-electron chi connectivity index (χ2n) is 4.88. The summed E-state index contributed by atoms with van der Waals surface area (Å²) in [4.78, 5) is 13.8. The lowest BCUT2D eigenvalue weighted by molar-refractivity contribution is -0.178. The first-order valence-electron chi connectivity index (χ1n) is 6.63. The third-order valence-corrected chi connectivity index (χ3v) is 3.38. The van der Waals surface area contributed by atoms with Crippen molar-refractivity contribution < 1.29 is 19.4 Å². The second-order valence-corrected chi connectivity index (χ2v) is 4.88. The van der Waals surface area contributed by atoms with Crippen LogP contribution in [-0.4, -0.2) is 58.9 Å². The van der Waals surface area contributed by atoms with Gasteiger partial charge in [-0.15, -0.1) is 0 Å². The Morgan fingerprint density at radius 1 is 1.30 bits per heavy atom. The summed E-state index contributed by atoms with van der Waals surface area (Å²) >= 11 is 0. The van der Waals surface area contributed by atoms with Gasteiger partial charge >= 0.3 is 0 Å². The third kappa shape index (κ3) is 2.79. The fraction of sp³-hybridized carbons (Fsp3) is 0.615. The fourth-order valence-corrected chi connectivity index (χ4v) is 2.24. The molecule has 0 aromatic carbocycles. The second kappa shape index (κ2) is 5.82. The molecule has 108 valence electrons. The average molecular weight is 279 g/mol. The number of aliphatic hydroxyl groups excluding tert-OH is 1. The molecule has 0 saturated carbocycles. The van der Waals surface area contributed by atoms with Crippen molar-refractivity contribution in [3.63, 3.8) is 0 Å². The minimum absolute atomic E-state index is 0.0276. The van der Waals surface area contributed by atoms with Gasteiger partial charge in [0.2, 0.25) is 0 Å². The van der Waals surface area contributed by atoms with Crippen LogP contribution >= 0.6 is 0 Å². The van der Waals surface area contributed by atoms with Crippen LogP contribution in [0.15, 0.2) is 17.4 Å². The van der Waals surface area contributed by atoms with Crippen molar-refractivity contribution >= 4 is 5.71 Å². The molecule has 3 atom stereocenters. The van der Waals surface area contributed by atoms with E-state index in [4.69, 9.17) is 19.4 Å². The van der Waals surface area contributed by atoms with Crippen molar-refractivity contribution in [3.05, 3.63) is 23.8 Å². The highest BCUT2D eigenvalue weighted by atomic mass is 16.7. The number of rotatable bonds is 3. The molecule has 0 spiro atoms. The standard InChI is InChI=1S/C13H17N3O4/c1-8-14-3-2-10(15-8)11-4-12(20-16-11)13-7-18-9(5-17)6-19-13/h2-3,9,12-13,17H,4-7H2,1H3/t9-,12-,13-/m1/s1. The van der Waals surface area contributed by atoms with Crippen molar-refractivity contribution in [2.24, 2.45) is 5.16 Å². The lowest BCUT2D eigenvalue weighted by Crippen LogP contribution is -2.43. The molecule has 0 aliphatic carbocycles. The first-order chi connectivity index (χ1) is 9.76. The van der Waals surface area contributed by atoms with Crippen LogP contribution in [0.5, 0.6) is 0 Å². The molecule has 1 N–H and O–H groups in total. The van der Waals surface area contributed by atoms with Crippen molar-refractivity contribution in [2.45, 2.75) is 31.7 Å². The number of hydrogen-bond donors (Lipinski definition) is 1. The van der Waals surface area contributed by atoms with Crippen LogP contribution in [0.4, 0.5) is 0 Å². The number of hydrogen-bond acceptors (Lipinski definition) is 7. The van der Waals surface area contributed by atoms with E-state index in [2.05, 4.69) is 15.1 Å². The molecule has 1 fully saturated rings. The molecular weight excluding hydrogens is 262 g/mol. The number of ether oxygens (including phenoxy) is 2. The molecule has 0 radical (unpaired) electrons. The van der Waals surface area contributed by atoms with E-state index in [1.54, 1.807) is 6.20 Å². The van der Waals surface area contributed by atoms with Gasteiger partial charge in [-0.25, -0.2) is 9.97 Å². The summed E-state index contributed by atoms with van der Waals surface area (Å²) in [7, 11) is 0. The minimum atomic E-state index is -0.238. The Morgan fingerprint density at radius 3 is 2.90 bits per heavy atom. The Hall–Kier alpha value is -1.57. The summed E-state index contributed by atoms with van der Waals surface area (Å²) in [5.74, 6) is 0.705. The van der Waals surface area contributed by atoms with Gasteiger partial charge in [0.1, 0.15) is 23.7 Å². The van der Waals surface area contributed by atoms with Gasteiger partial charge in [-0.2, -0.15) is 0 Å². The predicted molar refractivity (Wildman–Crippen MR) is 69.4 cm³/mol. The highest BCUT2D eigenvalue weighted by Crippen LogP contribution is 2.22. The van der Waals surface area contributed by atoms with Crippen LogP contribution in [0, 0.1) is 6.92 Å². The highest BCUT2D eigenvalue weighted by molar-refractivity contribution is 5.99. The number of aromatic nitrogens is 2. The van der Waals surface area contributed by atoms with Crippen molar-refractivity contribution in [1.29, 1.82) is 0 Å². The molecule has 1 aromatic heterocycles. The van der Waals surface area contributed by atoms with Crippen LogP contribution in [0.1, 0.15) is 17.9 Å². The summed E-state index contributed by atoms with van der Waals surface area (Å²) in [6.45, 7) is 2.59. The van der Waals surface area contributed by atoms with Crippen LogP contribution in [0.2, 0.25) is 0 Å². The fourth-order valence-electron chi connectivity index (χ4n) is 2.24. The quantitative estimate of drug-likeness (QED) is 0.841. The van der Waals surface area contributed by atoms with Gasteiger partial charge in [-0.05, 0) is 13.0 Å². The number of nitrogens with zero attached hydrogens (tertiary/aromatic N) is 3. The van der Waals surface area contributed by atoms with E-state index >= 15 is 0 Å². The molecule has 7 heteroatoms. The zero-order chi connectivity index (χ0) is 13.9. The molecule has 2 aliphatic heterocycles. The minimum Gasteiger partial charge on any atom is -0.394 e. The van der Waals surface area contributed by atoms with E-state index < -0.39 is 0 Å². The highest BCUT2D eigenvalue weighted by Gasteiger charge is 2.35. The molecule has 0 bridgehead atoms. The van der Waals surface area contributed by atoms with E-state index in [-0.39, 0.29) is 24.9 Å². The Morgan fingerprint density at radius 2 is 2.20 bits per heavy atom. The van der Waals surface area contributed by atoms with Crippen LogP contribution in [0.25, 0.3) is 0 Å². The average Bonchev–Trinajstić information content (AvgIpc) is 2.97. The van der Waals surface area contributed by atoms with E-state index in [0.717, 1.165) is 11.4 Å². The maximum absolute atomic E-state index is 8.99. The van der Waals surface area contributed by atoms with Gasteiger partial charge < -0.3 is 19.4 Å². The maximum Gasteiger partial charge on any atom is 0.161 e. The molecule has 2 aliphatic rings. The zero-order valence-electron chi connectivity index (χ0n) is 11.2. The molecule has 1 saturated heterocycles. The molecule has 3 rings (SSSR count). The lowest BCUT2D eigenvalue weighted by Gasteiger charge is -2.30. The number of aryl methyl sites for hydroxylation is 1. The topological polar surface area (TPSA) is 86.1 Å². The summed E-state index contributed by atoms with van der Waals surface area (Å²) in [6.07, 6.45) is 1.77. The molecule has 20 heavy (non-hydrogen) atoms. The van der Waals surface area contributed by atoms with Crippen molar-refractivity contribution in [2.75, 3.05) is 19.8 Å². The Bertz CT molecular complexity index is 500. The molecular formula is C13H17N3O4. The van der Waals surface area contributed by atoms with Gasteiger partial charge in [0.05, 0.1) is 25.5 Å². The maximum atomic E-state index is 8.99. The normalized spacial score (nSPS) is 29.9. The number of aliphatic hydroxyl groups is 1. The number of oxime groups is 1. The van der Waals surface area contributed by atoms with E-state index in [9.17, 15) is 0 Å². The van der Waals surface area contributed by atoms with E-state index in [1.165, 1.54) is 0 Å². The van der Waals surface area contributed by atoms with Gasteiger partial charge in [0.15, 0.2) is 6.10 Å². The summed E-state index contributed by atoms with van der Waals surface area (Å²) in [5.41, 5.74) is 1.58. The van der Waals surface area contributed by atoms with Crippen LogP contribution in [-0.2, 0) is 14.3 Å². The third-order valence-electron chi connectivity index (χ3n) is 3.38. The van der Waals surface area contributed by atoms with Crippen LogP contribution in [0.3, 0.4) is 0 Å². The molecule has 3 heterocycles. The van der Waals surface area contributed by atoms with Crippen LogP contribution < -0.4 is 0 Å². The molecule has 1 aromatic rings. The van der Waals surface area contributed by atoms with Crippen molar-refractivity contribution in [3.8, 4) is 0 Å². The predicted octanol–water partition coefficient (Wildman–Crippen LogP) is 0.0543. The first-order valence-corrected chi connectivity index (χ1v) is 6.63. The molecule has 0 amide bonds. The van der Waals surface area contributed by atoms with Crippen molar-refractivity contribution in [1.82, 2.24) is 9.97 Å². The van der Waals surface area contributed by atoms with E-state index in [1.807, 2.05) is 13.0 Å². The summed E-state index contributed by atoms with van der Waals surface area (Å²) < 4.78 is 11.1. The Balaban J connectivity index is 1.59. The monoisotopic (exact) mass is 279 g/mol. The molecule has 7 nitrogen and oxygen atoms in total. The Labute approximate surface area is 116 Å². The zero-order valence-corrected chi connectivity index (χ0v) is 11.2. The van der Waals surface area contributed by atoms with Gasteiger partial charge in [-0.3, -0.25) is 0 Å². The lowest BCUT2D eigenvalue weighted by atomic mass is 10.1. The Kier molecular flexibility index (Phi) is 3.90. The SMILES string of the molecule is Cc1nccc(C2=NO[C@@H]([C@H]3CO[C@H](CO)CO3)C2)n1. The van der Waals surface area contributed by atoms with Gasteiger partial charge in [0, 0.05) is 12.6 Å². The van der Waals surface area contributed by atoms with Gasteiger partial charge in [0.25, 0.3) is 0 Å².